The highest BCUT2D eigenvalue weighted by atomic mass is 16.4. The van der Waals surface area contributed by atoms with Crippen molar-refractivity contribution in [2.45, 2.75) is 19.4 Å². The SMILES string of the molecule is CC1(C)C(=O)NC(=O)CN1C(=O)N1CC(C(=O)O)C1. The predicted molar refractivity (Wildman–Crippen MR) is 62.0 cm³/mol. The molecule has 19 heavy (non-hydrogen) atoms. The van der Waals surface area contributed by atoms with Gasteiger partial charge in [0.2, 0.25) is 5.91 Å². The second-order valence-corrected chi connectivity index (χ2v) is 5.25. The summed E-state index contributed by atoms with van der Waals surface area (Å²) >= 11 is 0. The molecule has 2 rings (SSSR count). The zero-order valence-corrected chi connectivity index (χ0v) is 10.7. The van der Waals surface area contributed by atoms with Crippen molar-refractivity contribution in [2.24, 2.45) is 5.92 Å². The second-order valence-electron chi connectivity index (χ2n) is 5.25. The van der Waals surface area contributed by atoms with Gasteiger partial charge in [0.1, 0.15) is 12.1 Å². The largest absolute Gasteiger partial charge is 0.481 e. The van der Waals surface area contributed by atoms with Crippen LogP contribution in [-0.2, 0) is 14.4 Å². The molecular formula is C11H15N3O5. The lowest BCUT2D eigenvalue weighted by atomic mass is 9.97. The van der Waals surface area contributed by atoms with E-state index >= 15 is 0 Å². The standard InChI is InChI=1S/C11H15N3O5/c1-11(2)9(18)12-7(15)5-14(11)10(19)13-3-6(4-13)8(16)17/h6H,3-5H2,1-2H3,(H,16,17)(H,12,15,18). The van der Waals surface area contributed by atoms with Gasteiger partial charge < -0.3 is 14.9 Å². The number of hydrogen-bond acceptors (Lipinski definition) is 4. The number of carbonyl (C=O) groups excluding carboxylic acids is 3. The van der Waals surface area contributed by atoms with Crippen molar-refractivity contribution in [3.63, 3.8) is 0 Å². The second kappa shape index (κ2) is 4.22. The summed E-state index contributed by atoms with van der Waals surface area (Å²) in [5.74, 6) is -2.59. The van der Waals surface area contributed by atoms with Crippen molar-refractivity contribution in [2.75, 3.05) is 19.6 Å². The van der Waals surface area contributed by atoms with Crippen LogP contribution in [0, 0.1) is 5.92 Å². The monoisotopic (exact) mass is 269 g/mol. The van der Waals surface area contributed by atoms with Gasteiger partial charge in [0, 0.05) is 13.1 Å². The maximum Gasteiger partial charge on any atom is 0.321 e. The lowest BCUT2D eigenvalue weighted by molar-refractivity contribution is -0.148. The number of nitrogens with zero attached hydrogens (tertiary/aromatic N) is 2. The van der Waals surface area contributed by atoms with Crippen LogP contribution in [0.1, 0.15) is 13.8 Å². The highest BCUT2D eigenvalue weighted by Crippen LogP contribution is 2.24. The van der Waals surface area contributed by atoms with Gasteiger partial charge in [-0.2, -0.15) is 0 Å². The molecule has 0 aromatic rings. The maximum atomic E-state index is 12.2. The Kier molecular flexibility index (Phi) is 2.95. The molecule has 2 fully saturated rings. The molecule has 2 N–H and O–H groups in total. The topological polar surface area (TPSA) is 107 Å². The Morgan fingerprint density at radius 2 is 1.89 bits per heavy atom. The predicted octanol–water partition coefficient (Wildman–Crippen LogP) is -1.14. The average molecular weight is 269 g/mol. The minimum Gasteiger partial charge on any atom is -0.481 e. The molecule has 0 radical (unpaired) electrons. The lowest BCUT2D eigenvalue weighted by Gasteiger charge is -2.46. The summed E-state index contributed by atoms with van der Waals surface area (Å²) < 4.78 is 0. The van der Waals surface area contributed by atoms with Crippen molar-refractivity contribution < 1.29 is 24.3 Å². The normalized spacial score (nSPS) is 22.8. The highest BCUT2D eigenvalue weighted by Gasteiger charge is 2.47. The van der Waals surface area contributed by atoms with E-state index in [-0.39, 0.29) is 19.6 Å². The van der Waals surface area contributed by atoms with Crippen molar-refractivity contribution >= 4 is 23.8 Å². The molecule has 8 nitrogen and oxygen atoms in total. The Bertz CT molecular complexity index is 467. The zero-order valence-electron chi connectivity index (χ0n) is 10.7. The number of piperazine rings is 1. The first-order valence-electron chi connectivity index (χ1n) is 5.87. The molecule has 0 atom stereocenters. The van der Waals surface area contributed by atoms with Crippen LogP contribution in [0.3, 0.4) is 0 Å². The van der Waals surface area contributed by atoms with Crippen LogP contribution < -0.4 is 5.32 Å². The van der Waals surface area contributed by atoms with Gasteiger partial charge >= 0.3 is 12.0 Å². The number of imide groups is 1. The summed E-state index contributed by atoms with van der Waals surface area (Å²) in [4.78, 5) is 48.4. The van der Waals surface area contributed by atoms with Crippen LogP contribution in [0.4, 0.5) is 4.79 Å². The van der Waals surface area contributed by atoms with Crippen molar-refractivity contribution in [1.82, 2.24) is 15.1 Å². The molecule has 2 aliphatic rings. The molecule has 0 spiro atoms. The fraction of sp³-hybridized carbons (Fsp3) is 0.636. The smallest absolute Gasteiger partial charge is 0.321 e. The van der Waals surface area contributed by atoms with Crippen LogP contribution >= 0.6 is 0 Å². The third kappa shape index (κ3) is 2.13. The molecule has 2 aliphatic heterocycles. The van der Waals surface area contributed by atoms with Gasteiger partial charge in [0.15, 0.2) is 0 Å². The number of rotatable bonds is 1. The summed E-state index contributed by atoms with van der Waals surface area (Å²) in [5.41, 5.74) is -1.13. The average Bonchev–Trinajstić information content (AvgIpc) is 2.20. The summed E-state index contributed by atoms with van der Waals surface area (Å²) in [6.45, 7) is 3.10. The Labute approximate surface area is 109 Å². The van der Waals surface area contributed by atoms with E-state index in [1.54, 1.807) is 13.8 Å². The first kappa shape index (κ1) is 13.3. The molecule has 104 valence electrons. The number of carboxylic acid groups (broad SMARTS) is 1. The van der Waals surface area contributed by atoms with Gasteiger partial charge in [-0.25, -0.2) is 4.79 Å². The molecule has 0 aromatic heterocycles. The molecule has 8 heteroatoms. The summed E-state index contributed by atoms with van der Waals surface area (Å²) in [6, 6.07) is -0.481. The van der Waals surface area contributed by atoms with E-state index in [1.807, 2.05) is 0 Å². The third-order valence-corrected chi connectivity index (χ3v) is 3.52. The number of aliphatic carboxylic acids is 1. The van der Waals surface area contributed by atoms with Gasteiger partial charge in [-0.3, -0.25) is 19.7 Å². The molecule has 4 amide bonds. The van der Waals surface area contributed by atoms with E-state index < -0.39 is 35.3 Å². The molecule has 0 unspecified atom stereocenters. The number of amides is 4. The maximum absolute atomic E-state index is 12.2. The first-order chi connectivity index (χ1) is 8.73. The summed E-state index contributed by atoms with van der Waals surface area (Å²) in [7, 11) is 0. The number of nitrogens with one attached hydrogen (secondary N) is 1. The fourth-order valence-electron chi connectivity index (χ4n) is 2.05. The summed E-state index contributed by atoms with van der Waals surface area (Å²) in [6.07, 6.45) is 0. The van der Waals surface area contributed by atoms with Crippen LogP contribution in [-0.4, -0.2) is 63.9 Å². The fourth-order valence-corrected chi connectivity index (χ4v) is 2.05. The Morgan fingerprint density at radius 1 is 1.32 bits per heavy atom. The number of likely N-dealkylation sites (tertiary alicyclic amines) is 1. The van der Waals surface area contributed by atoms with E-state index in [2.05, 4.69) is 5.32 Å². The third-order valence-electron chi connectivity index (χ3n) is 3.52. The molecule has 0 aliphatic carbocycles. The minimum atomic E-state index is -1.13. The van der Waals surface area contributed by atoms with E-state index in [0.717, 1.165) is 0 Å². The number of carbonyl (C=O) groups is 4. The molecule has 0 bridgehead atoms. The van der Waals surface area contributed by atoms with Gasteiger partial charge in [-0.05, 0) is 13.8 Å². The first-order valence-corrected chi connectivity index (χ1v) is 5.87. The van der Waals surface area contributed by atoms with Gasteiger partial charge in [0.05, 0.1) is 5.92 Å². The Hall–Kier alpha value is -2.12. The summed E-state index contributed by atoms with van der Waals surface area (Å²) in [5, 5.41) is 10.9. The van der Waals surface area contributed by atoms with Crippen molar-refractivity contribution in [3.05, 3.63) is 0 Å². The molecule has 0 aromatic carbocycles. The zero-order chi connectivity index (χ0) is 14.4. The molecule has 2 saturated heterocycles. The molecular weight excluding hydrogens is 254 g/mol. The quantitative estimate of drug-likeness (QED) is 0.585. The van der Waals surface area contributed by atoms with Crippen LogP contribution in [0.15, 0.2) is 0 Å². The van der Waals surface area contributed by atoms with Crippen LogP contribution in [0.25, 0.3) is 0 Å². The Balaban J connectivity index is 2.08. The Morgan fingerprint density at radius 3 is 2.42 bits per heavy atom. The number of hydrogen-bond donors (Lipinski definition) is 2. The molecule has 2 heterocycles. The van der Waals surface area contributed by atoms with E-state index in [4.69, 9.17) is 5.11 Å². The van der Waals surface area contributed by atoms with E-state index in [0.29, 0.717) is 0 Å². The highest BCUT2D eigenvalue weighted by molar-refractivity contribution is 6.06. The van der Waals surface area contributed by atoms with Gasteiger partial charge in [0.25, 0.3) is 5.91 Å². The number of carboxylic acids is 1. The van der Waals surface area contributed by atoms with E-state index in [9.17, 15) is 19.2 Å². The van der Waals surface area contributed by atoms with Crippen molar-refractivity contribution in [3.8, 4) is 0 Å². The number of urea groups is 1. The van der Waals surface area contributed by atoms with Gasteiger partial charge in [-0.15, -0.1) is 0 Å². The van der Waals surface area contributed by atoms with Gasteiger partial charge in [-0.1, -0.05) is 0 Å². The van der Waals surface area contributed by atoms with Crippen molar-refractivity contribution in [1.29, 1.82) is 0 Å². The van der Waals surface area contributed by atoms with Crippen LogP contribution in [0.2, 0.25) is 0 Å². The molecule has 0 saturated carbocycles. The van der Waals surface area contributed by atoms with E-state index in [1.165, 1.54) is 9.80 Å². The lowest BCUT2D eigenvalue weighted by Crippen LogP contribution is -2.69. The minimum absolute atomic E-state index is 0.108. The van der Waals surface area contributed by atoms with Crippen LogP contribution in [0.5, 0.6) is 0 Å².